The topological polar surface area (TPSA) is 34.9 Å². The molecule has 1 aliphatic carbocycles. The van der Waals surface area contributed by atoms with Gasteiger partial charge in [-0.15, -0.1) is 0 Å². The maximum Gasteiger partial charge on any atom is 0.198 e. The number of aromatic nitrogens is 2. The summed E-state index contributed by atoms with van der Waals surface area (Å²) in [6, 6.07) is 1.48. The monoisotopic (exact) mass is 278 g/mol. The van der Waals surface area contributed by atoms with Crippen LogP contribution in [0.3, 0.4) is 0 Å². The predicted molar refractivity (Wildman–Crippen MR) is 74.0 cm³/mol. The fourth-order valence-corrected chi connectivity index (χ4v) is 2.29. The maximum atomic E-state index is 13.5. The number of nitrogens with zero attached hydrogens (tertiary/aromatic N) is 2. The zero-order chi connectivity index (χ0) is 13.7. The number of hydrogen-bond donors (Lipinski definition) is 0. The van der Waals surface area contributed by atoms with E-state index in [9.17, 15) is 9.18 Å². The van der Waals surface area contributed by atoms with Gasteiger partial charge in [0.25, 0.3) is 0 Å². The zero-order valence-corrected chi connectivity index (χ0v) is 11.2. The molecule has 0 saturated heterocycles. The van der Waals surface area contributed by atoms with Crippen LogP contribution >= 0.6 is 11.6 Å². The number of fused-ring (bicyclic) bond motifs is 1. The van der Waals surface area contributed by atoms with Gasteiger partial charge in [-0.3, -0.25) is 4.79 Å². The van der Waals surface area contributed by atoms with Crippen molar-refractivity contribution in [1.82, 2.24) is 9.55 Å². The van der Waals surface area contributed by atoms with Gasteiger partial charge in [-0.05, 0) is 31.4 Å². The molecule has 1 fully saturated rings. The highest BCUT2D eigenvalue weighted by Crippen LogP contribution is 2.37. The van der Waals surface area contributed by atoms with Gasteiger partial charge in [0.15, 0.2) is 16.4 Å². The Morgan fingerprint density at radius 2 is 2.26 bits per heavy atom. The third kappa shape index (κ3) is 1.96. The molecular weight excluding hydrogens is 267 g/mol. The lowest BCUT2D eigenvalue weighted by Crippen LogP contribution is -2.15. The normalized spacial score (nSPS) is 14.9. The summed E-state index contributed by atoms with van der Waals surface area (Å²) in [6.07, 6.45) is 3.82. The fraction of sp³-hybridized carbons (Fsp3) is 0.286. The third-order valence-electron chi connectivity index (χ3n) is 3.32. The Morgan fingerprint density at radius 1 is 1.58 bits per heavy atom. The van der Waals surface area contributed by atoms with E-state index in [4.69, 9.17) is 11.6 Å². The van der Waals surface area contributed by atoms with E-state index in [0.717, 1.165) is 12.8 Å². The summed E-state index contributed by atoms with van der Waals surface area (Å²) in [6.45, 7) is 5.56. The van der Waals surface area contributed by atoms with Gasteiger partial charge in [-0.1, -0.05) is 18.2 Å². The number of pyridine rings is 2. The molecule has 1 aliphatic rings. The maximum absolute atomic E-state index is 13.5. The molecule has 0 radical (unpaired) electrons. The number of allylic oxidation sites excluding steroid dienone is 1. The second kappa shape index (κ2) is 4.17. The van der Waals surface area contributed by atoms with Gasteiger partial charge in [0.1, 0.15) is 5.65 Å². The molecule has 0 N–H and O–H groups in total. The molecule has 0 unspecified atom stereocenters. The smallest absolute Gasteiger partial charge is 0.198 e. The summed E-state index contributed by atoms with van der Waals surface area (Å²) < 4.78 is 15.5. The van der Waals surface area contributed by atoms with E-state index in [1.54, 1.807) is 13.1 Å². The molecule has 98 valence electrons. The summed E-state index contributed by atoms with van der Waals surface area (Å²) in [7, 11) is 0. The van der Waals surface area contributed by atoms with Crippen molar-refractivity contribution in [2.24, 2.45) is 0 Å². The first-order chi connectivity index (χ1) is 8.99. The van der Waals surface area contributed by atoms with E-state index in [2.05, 4.69) is 11.6 Å². The van der Waals surface area contributed by atoms with Crippen molar-refractivity contribution in [3.8, 4) is 0 Å². The van der Waals surface area contributed by atoms with Crippen LogP contribution in [0.2, 0.25) is 5.15 Å². The Hall–Kier alpha value is -1.68. The van der Waals surface area contributed by atoms with Gasteiger partial charge in [-0.25, -0.2) is 9.37 Å². The lowest BCUT2D eigenvalue weighted by molar-refractivity contribution is 0.622. The van der Waals surface area contributed by atoms with Crippen molar-refractivity contribution in [2.45, 2.75) is 25.8 Å². The van der Waals surface area contributed by atoms with Crippen molar-refractivity contribution >= 4 is 28.2 Å². The van der Waals surface area contributed by atoms with E-state index in [1.807, 2.05) is 4.57 Å². The van der Waals surface area contributed by atoms with E-state index in [0.29, 0.717) is 22.8 Å². The quantitative estimate of drug-likeness (QED) is 0.787. The van der Waals surface area contributed by atoms with E-state index in [1.165, 1.54) is 6.07 Å². The average molecular weight is 279 g/mol. The standard InChI is InChI=1S/C14H12ClFN2O/c1-7(2)10-6-18(8-3-4-8)14-9(12(10)19)5-11(16)13(15)17-14/h5-6,8H,1,3-4H2,2H3. The van der Waals surface area contributed by atoms with Crippen LogP contribution in [0.15, 0.2) is 23.6 Å². The Balaban J connectivity index is 2.45. The number of rotatable bonds is 2. The molecule has 2 aromatic rings. The molecular formula is C14H12ClFN2O. The molecule has 5 heteroatoms. The molecule has 0 atom stereocenters. The van der Waals surface area contributed by atoms with Gasteiger partial charge >= 0.3 is 0 Å². The summed E-state index contributed by atoms with van der Waals surface area (Å²) in [5, 5.41) is 0.0543. The van der Waals surface area contributed by atoms with Crippen LogP contribution in [-0.2, 0) is 0 Å². The van der Waals surface area contributed by atoms with Gasteiger partial charge in [0, 0.05) is 17.8 Å². The summed E-state index contributed by atoms with van der Waals surface area (Å²) in [4.78, 5) is 16.3. The Morgan fingerprint density at radius 3 is 2.84 bits per heavy atom. The van der Waals surface area contributed by atoms with Crippen LogP contribution in [0.1, 0.15) is 31.4 Å². The highest BCUT2D eigenvalue weighted by Gasteiger charge is 2.26. The highest BCUT2D eigenvalue weighted by atomic mass is 35.5. The van der Waals surface area contributed by atoms with Crippen molar-refractivity contribution < 1.29 is 4.39 Å². The minimum Gasteiger partial charge on any atom is -0.329 e. The zero-order valence-electron chi connectivity index (χ0n) is 10.4. The van der Waals surface area contributed by atoms with Crippen LogP contribution in [-0.4, -0.2) is 9.55 Å². The highest BCUT2D eigenvalue weighted by molar-refractivity contribution is 6.29. The van der Waals surface area contributed by atoms with E-state index >= 15 is 0 Å². The average Bonchev–Trinajstić information content (AvgIpc) is 3.16. The van der Waals surface area contributed by atoms with Crippen LogP contribution in [0, 0.1) is 5.82 Å². The van der Waals surface area contributed by atoms with Crippen molar-refractivity contribution in [3.63, 3.8) is 0 Å². The Kier molecular flexibility index (Phi) is 2.71. The number of hydrogen-bond acceptors (Lipinski definition) is 2. The Labute approximate surface area is 114 Å². The molecule has 0 amide bonds. The van der Waals surface area contributed by atoms with Crippen molar-refractivity contribution in [3.05, 3.63) is 45.6 Å². The molecule has 0 aromatic carbocycles. The lowest BCUT2D eigenvalue weighted by atomic mass is 10.1. The third-order valence-corrected chi connectivity index (χ3v) is 3.58. The van der Waals surface area contributed by atoms with Gasteiger partial charge in [0.05, 0.1) is 5.39 Å². The second-order valence-electron chi connectivity index (χ2n) is 4.92. The van der Waals surface area contributed by atoms with Crippen LogP contribution in [0.4, 0.5) is 4.39 Å². The molecule has 3 nitrogen and oxygen atoms in total. The summed E-state index contributed by atoms with van der Waals surface area (Å²) in [5.74, 6) is -0.674. The molecule has 0 spiro atoms. The van der Waals surface area contributed by atoms with Gasteiger partial charge < -0.3 is 4.57 Å². The first-order valence-corrected chi connectivity index (χ1v) is 6.43. The minimum atomic E-state index is -0.674. The number of halogens is 2. The minimum absolute atomic E-state index is 0.204. The van der Waals surface area contributed by atoms with Crippen LogP contribution < -0.4 is 5.43 Å². The first-order valence-electron chi connectivity index (χ1n) is 6.06. The molecule has 2 heterocycles. The summed E-state index contributed by atoms with van der Waals surface area (Å²) >= 11 is 5.72. The SMILES string of the molecule is C=C(C)c1cn(C2CC2)c2nc(Cl)c(F)cc2c1=O. The molecule has 0 aliphatic heterocycles. The Bertz CT molecular complexity index is 762. The van der Waals surface area contributed by atoms with E-state index < -0.39 is 5.82 Å². The first kappa shape index (κ1) is 12.4. The van der Waals surface area contributed by atoms with Gasteiger partial charge in [-0.2, -0.15) is 0 Å². The van der Waals surface area contributed by atoms with Gasteiger partial charge in [0.2, 0.25) is 0 Å². The molecule has 1 saturated carbocycles. The van der Waals surface area contributed by atoms with Crippen LogP contribution in [0.5, 0.6) is 0 Å². The van der Waals surface area contributed by atoms with E-state index in [-0.39, 0.29) is 16.0 Å². The molecule has 2 aromatic heterocycles. The fourth-order valence-electron chi connectivity index (χ4n) is 2.16. The van der Waals surface area contributed by atoms with Crippen molar-refractivity contribution in [2.75, 3.05) is 0 Å². The molecule has 0 bridgehead atoms. The second-order valence-corrected chi connectivity index (χ2v) is 5.28. The van der Waals surface area contributed by atoms with Crippen LogP contribution in [0.25, 0.3) is 16.6 Å². The van der Waals surface area contributed by atoms with Crippen molar-refractivity contribution in [1.29, 1.82) is 0 Å². The lowest BCUT2D eigenvalue weighted by Gasteiger charge is -2.12. The predicted octanol–water partition coefficient (Wildman–Crippen LogP) is 3.56. The molecule has 3 rings (SSSR count). The molecule has 19 heavy (non-hydrogen) atoms. The summed E-state index contributed by atoms with van der Waals surface area (Å²) in [5.41, 5.74) is 1.37. The largest absolute Gasteiger partial charge is 0.329 e.